The van der Waals surface area contributed by atoms with E-state index in [0.29, 0.717) is 17.4 Å². The maximum Gasteiger partial charge on any atom is 0.295 e. The summed E-state index contributed by atoms with van der Waals surface area (Å²) in [6, 6.07) is 9.57. The molecule has 0 bridgehead atoms. The summed E-state index contributed by atoms with van der Waals surface area (Å²) < 4.78 is 11.8. The molecule has 0 saturated carbocycles. The minimum Gasteiger partial charge on any atom is -0.459 e. The third kappa shape index (κ3) is 3.65. The van der Waals surface area contributed by atoms with Crippen molar-refractivity contribution in [2.45, 2.75) is 6.92 Å². The standard InChI is InChI=1S/C19H21N3O3S/c1-14-4-5-15-17(13-14)26-19(20-15)22(18(23)16-3-2-10-25-16)7-6-21-8-11-24-12-9-21/h2-5,10,13H,6-9,11-12H2,1H3. The van der Waals surface area contributed by atoms with Crippen LogP contribution in [-0.4, -0.2) is 55.2 Å². The first-order chi connectivity index (χ1) is 12.7. The van der Waals surface area contributed by atoms with Crippen molar-refractivity contribution in [1.82, 2.24) is 9.88 Å². The number of morpholine rings is 1. The van der Waals surface area contributed by atoms with E-state index >= 15 is 0 Å². The van der Waals surface area contributed by atoms with E-state index in [4.69, 9.17) is 9.15 Å². The van der Waals surface area contributed by atoms with Gasteiger partial charge >= 0.3 is 0 Å². The molecule has 0 spiro atoms. The third-order valence-electron chi connectivity index (χ3n) is 4.48. The second-order valence-electron chi connectivity index (χ2n) is 6.36. The Hall–Kier alpha value is -2.22. The van der Waals surface area contributed by atoms with Crippen LogP contribution in [-0.2, 0) is 4.74 Å². The first kappa shape index (κ1) is 17.2. The molecule has 7 heteroatoms. The number of aromatic nitrogens is 1. The van der Waals surface area contributed by atoms with Crippen molar-refractivity contribution in [1.29, 1.82) is 0 Å². The fourth-order valence-corrected chi connectivity index (χ4v) is 4.11. The van der Waals surface area contributed by atoms with Crippen molar-refractivity contribution in [3.8, 4) is 0 Å². The van der Waals surface area contributed by atoms with Gasteiger partial charge in [0.15, 0.2) is 10.9 Å². The number of ether oxygens (including phenoxy) is 1. The molecule has 0 unspecified atom stereocenters. The monoisotopic (exact) mass is 371 g/mol. The van der Waals surface area contributed by atoms with Gasteiger partial charge in [-0.15, -0.1) is 0 Å². The van der Waals surface area contributed by atoms with E-state index in [1.165, 1.54) is 11.8 Å². The summed E-state index contributed by atoms with van der Waals surface area (Å²) in [6.45, 7) is 6.68. The Kier molecular flexibility index (Phi) is 5.01. The van der Waals surface area contributed by atoms with Gasteiger partial charge in [-0.05, 0) is 36.8 Å². The average molecular weight is 371 g/mol. The number of anilines is 1. The normalized spacial score (nSPS) is 15.4. The van der Waals surface area contributed by atoms with E-state index < -0.39 is 0 Å². The Morgan fingerprint density at radius 1 is 1.31 bits per heavy atom. The minimum absolute atomic E-state index is 0.154. The molecule has 1 amide bonds. The highest BCUT2D eigenvalue weighted by atomic mass is 32.1. The molecule has 0 N–H and O–H groups in total. The van der Waals surface area contributed by atoms with Gasteiger partial charge in [0.2, 0.25) is 0 Å². The van der Waals surface area contributed by atoms with Crippen LogP contribution in [0.4, 0.5) is 5.13 Å². The lowest BCUT2D eigenvalue weighted by molar-refractivity contribution is 0.0390. The van der Waals surface area contributed by atoms with Crippen LogP contribution in [0.25, 0.3) is 10.2 Å². The van der Waals surface area contributed by atoms with Gasteiger partial charge in [0.1, 0.15) is 0 Å². The topological polar surface area (TPSA) is 58.8 Å². The number of furan rings is 1. The van der Waals surface area contributed by atoms with Gasteiger partial charge in [0.25, 0.3) is 5.91 Å². The number of hydrogen-bond donors (Lipinski definition) is 0. The molecule has 1 aliphatic heterocycles. The molecule has 0 radical (unpaired) electrons. The van der Waals surface area contributed by atoms with Crippen LogP contribution >= 0.6 is 11.3 Å². The lowest BCUT2D eigenvalue weighted by Gasteiger charge is -2.28. The van der Waals surface area contributed by atoms with Gasteiger partial charge in [-0.2, -0.15) is 0 Å². The van der Waals surface area contributed by atoms with Crippen molar-refractivity contribution >= 4 is 32.6 Å². The summed E-state index contributed by atoms with van der Waals surface area (Å²) in [5, 5.41) is 0.709. The summed E-state index contributed by atoms with van der Waals surface area (Å²) in [5.74, 6) is 0.182. The van der Waals surface area contributed by atoms with Gasteiger partial charge in [-0.25, -0.2) is 4.98 Å². The van der Waals surface area contributed by atoms with Crippen molar-refractivity contribution in [2.24, 2.45) is 0 Å². The lowest BCUT2D eigenvalue weighted by atomic mass is 10.2. The smallest absolute Gasteiger partial charge is 0.295 e. The van der Waals surface area contributed by atoms with Crippen molar-refractivity contribution < 1.29 is 13.9 Å². The highest BCUT2D eigenvalue weighted by Crippen LogP contribution is 2.30. The predicted molar refractivity (Wildman–Crippen MR) is 102 cm³/mol. The van der Waals surface area contributed by atoms with E-state index in [1.54, 1.807) is 28.4 Å². The molecule has 136 valence electrons. The number of benzene rings is 1. The van der Waals surface area contributed by atoms with Gasteiger partial charge in [-0.1, -0.05) is 17.4 Å². The molecule has 0 aliphatic carbocycles. The molecular weight excluding hydrogens is 350 g/mol. The summed E-state index contributed by atoms with van der Waals surface area (Å²) in [4.78, 5) is 21.7. The molecule has 1 fully saturated rings. The molecular formula is C19H21N3O3S. The highest BCUT2D eigenvalue weighted by Gasteiger charge is 2.24. The lowest BCUT2D eigenvalue weighted by Crippen LogP contribution is -2.43. The van der Waals surface area contributed by atoms with Gasteiger partial charge in [0, 0.05) is 26.2 Å². The van der Waals surface area contributed by atoms with Crippen LogP contribution in [0.1, 0.15) is 16.1 Å². The fraction of sp³-hybridized carbons (Fsp3) is 0.368. The zero-order chi connectivity index (χ0) is 17.9. The quantitative estimate of drug-likeness (QED) is 0.689. The second kappa shape index (κ2) is 7.57. The van der Waals surface area contributed by atoms with Crippen LogP contribution in [0.2, 0.25) is 0 Å². The molecule has 1 saturated heterocycles. The molecule has 0 atom stereocenters. The predicted octanol–water partition coefficient (Wildman–Crippen LogP) is 3.18. The fourth-order valence-electron chi connectivity index (χ4n) is 3.02. The number of amides is 1. The Labute approximate surface area is 156 Å². The zero-order valence-electron chi connectivity index (χ0n) is 14.7. The molecule has 3 heterocycles. The summed E-state index contributed by atoms with van der Waals surface area (Å²) in [5.41, 5.74) is 2.10. The van der Waals surface area contributed by atoms with Crippen LogP contribution in [0.3, 0.4) is 0 Å². The highest BCUT2D eigenvalue weighted by molar-refractivity contribution is 7.22. The zero-order valence-corrected chi connectivity index (χ0v) is 15.5. The maximum atomic E-state index is 13.0. The average Bonchev–Trinajstić information content (AvgIpc) is 3.32. The Bertz CT molecular complexity index is 885. The number of thiazole rings is 1. The van der Waals surface area contributed by atoms with E-state index in [0.717, 1.165) is 43.1 Å². The molecule has 2 aromatic heterocycles. The molecule has 26 heavy (non-hydrogen) atoms. The Morgan fingerprint density at radius 2 is 2.15 bits per heavy atom. The van der Waals surface area contributed by atoms with Crippen molar-refractivity contribution in [3.63, 3.8) is 0 Å². The number of hydrogen-bond acceptors (Lipinski definition) is 6. The molecule has 1 aromatic carbocycles. The van der Waals surface area contributed by atoms with Crippen LogP contribution in [0.5, 0.6) is 0 Å². The van der Waals surface area contributed by atoms with E-state index in [1.807, 2.05) is 12.1 Å². The van der Waals surface area contributed by atoms with Crippen molar-refractivity contribution in [3.05, 3.63) is 47.9 Å². The first-order valence-corrected chi connectivity index (χ1v) is 9.55. The largest absolute Gasteiger partial charge is 0.459 e. The SMILES string of the molecule is Cc1ccc2nc(N(CCN3CCOCC3)C(=O)c3ccco3)sc2c1. The summed E-state index contributed by atoms with van der Waals surface area (Å²) in [7, 11) is 0. The van der Waals surface area contributed by atoms with E-state index in [2.05, 4.69) is 22.9 Å². The number of carbonyl (C=O) groups excluding carboxylic acids is 1. The third-order valence-corrected chi connectivity index (χ3v) is 5.53. The summed E-state index contributed by atoms with van der Waals surface area (Å²) in [6.07, 6.45) is 1.52. The second-order valence-corrected chi connectivity index (χ2v) is 7.36. The van der Waals surface area contributed by atoms with Gasteiger partial charge in [-0.3, -0.25) is 14.6 Å². The number of aryl methyl sites for hydroxylation is 1. The first-order valence-electron chi connectivity index (χ1n) is 8.73. The Balaban J connectivity index is 1.60. The van der Waals surface area contributed by atoms with Crippen LogP contribution < -0.4 is 4.90 Å². The van der Waals surface area contributed by atoms with Crippen LogP contribution in [0.15, 0.2) is 41.0 Å². The summed E-state index contributed by atoms with van der Waals surface area (Å²) >= 11 is 1.54. The molecule has 3 aromatic rings. The molecule has 6 nitrogen and oxygen atoms in total. The van der Waals surface area contributed by atoms with E-state index in [-0.39, 0.29) is 5.91 Å². The maximum absolute atomic E-state index is 13.0. The van der Waals surface area contributed by atoms with Crippen molar-refractivity contribution in [2.75, 3.05) is 44.3 Å². The number of fused-ring (bicyclic) bond motifs is 1. The van der Waals surface area contributed by atoms with Crippen LogP contribution in [0, 0.1) is 6.92 Å². The van der Waals surface area contributed by atoms with E-state index in [9.17, 15) is 4.79 Å². The van der Waals surface area contributed by atoms with Gasteiger partial charge in [0.05, 0.1) is 29.7 Å². The number of carbonyl (C=O) groups is 1. The number of nitrogens with zero attached hydrogens (tertiary/aromatic N) is 3. The number of rotatable bonds is 5. The minimum atomic E-state index is -0.154. The Morgan fingerprint density at radius 3 is 2.92 bits per heavy atom. The molecule has 1 aliphatic rings. The van der Waals surface area contributed by atoms with Gasteiger partial charge < -0.3 is 9.15 Å². The molecule has 4 rings (SSSR count).